The zero-order valence-corrected chi connectivity index (χ0v) is 22.3. The molecular formula is C30H30N2O5S. The number of nitrogens with zero attached hydrogens (tertiary/aromatic N) is 1. The van der Waals surface area contributed by atoms with E-state index in [1.807, 2.05) is 25.1 Å². The molecule has 4 aromatic rings. The van der Waals surface area contributed by atoms with Gasteiger partial charge in [0.2, 0.25) is 0 Å². The molecule has 4 aromatic carbocycles. The van der Waals surface area contributed by atoms with Gasteiger partial charge in [-0.15, -0.1) is 0 Å². The van der Waals surface area contributed by atoms with E-state index < -0.39 is 10.0 Å². The minimum Gasteiger partial charge on any atom is -0.493 e. The van der Waals surface area contributed by atoms with Gasteiger partial charge in [-0.05, 0) is 66.6 Å². The molecule has 0 aliphatic heterocycles. The van der Waals surface area contributed by atoms with Gasteiger partial charge in [-0.1, -0.05) is 54.6 Å². The van der Waals surface area contributed by atoms with Gasteiger partial charge in [-0.25, -0.2) is 8.42 Å². The molecule has 1 N–H and O–H groups in total. The van der Waals surface area contributed by atoms with Crippen LogP contribution in [0.3, 0.4) is 0 Å². The number of hydrogen-bond acceptors (Lipinski definition) is 5. The van der Waals surface area contributed by atoms with E-state index in [4.69, 9.17) is 9.47 Å². The first kappa shape index (κ1) is 26.8. The molecule has 0 spiro atoms. The molecule has 4 rings (SSSR count). The molecule has 0 fully saturated rings. The molecule has 196 valence electrons. The second kappa shape index (κ2) is 11.8. The number of ether oxygens (including phenoxy) is 2. The normalized spacial score (nSPS) is 11.9. The van der Waals surface area contributed by atoms with Crippen LogP contribution in [0.1, 0.15) is 34.5 Å². The second-order valence-electron chi connectivity index (χ2n) is 8.67. The first-order valence-electron chi connectivity index (χ1n) is 12.1. The molecule has 0 saturated carbocycles. The molecule has 0 radical (unpaired) electrons. The maximum atomic E-state index is 13.5. The predicted molar refractivity (Wildman–Crippen MR) is 148 cm³/mol. The maximum absolute atomic E-state index is 13.5. The standard InChI is InChI=1S/C30H30N2O5S/c1-22(25-18-19-28(36-2)29(20-25)37-3)31-30(33)24-16-14-23(15-17-24)21-32(26-10-6-4-7-11-26)38(34,35)27-12-8-5-9-13-27/h4-20,22H,21H2,1-3H3,(H,31,33)/t22-/m1/s1. The van der Waals surface area contributed by atoms with Gasteiger partial charge in [0.1, 0.15) is 0 Å². The second-order valence-corrected chi connectivity index (χ2v) is 10.5. The number of carbonyl (C=O) groups is 1. The third-order valence-electron chi connectivity index (χ3n) is 6.17. The summed E-state index contributed by atoms with van der Waals surface area (Å²) in [6.07, 6.45) is 0. The molecule has 0 unspecified atom stereocenters. The van der Waals surface area contributed by atoms with Crippen molar-refractivity contribution in [2.45, 2.75) is 24.4 Å². The van der Waals surface area contributed by atoms with Gasteiger partial charge in [0.15, 0.2) is 11.5 Å². The van der Waals surface area contributed by atoms with Crippen LogP contribution in [0.25, 0.3) is 0 Å². The van der Waals surface area contributed by atoms with Crippen molar-refractivity contribution in [1.82, 2.24) is 5.32 Å². The number of amides is 1. The molecule has 0 saturated heterocycles. The van der Waals surface area contributed by atoms with Crippen LogP contribution in [0.4, 0.5) is 5.69 Å². The van der Waals surface area contributed by atoms with Gasteiger partial charge in [0.05, 0.1) is 37.4 Å². The van der Waals surface area contributed by atoms with Crippen molar-refractivity contribution >= 4 is 21.6 Å². The summed E-state index contributed by atoms with van der Waals surface area (Å²) in [5.41, 5.74) is 2.65. The van der Waals surface area contributed by atoms with Crippen LogP contribution in [-0.2, 0) is 16.6 Å². The smallest absolute Gasteiger partial charge is 0.264 e. The molecule has 0 heterocycles. The number of para-hydroxylation sites is 1. The van der Waals surface area contributed by atoms with E-state index in [9.17, 15) is 13.2 Å². The SMILES string of the molecule is COc1ccc([C@@H](C)NC(=O)c2ccc(CN(c3ccccc3)S(=O)(=O)c3ccccc3)cc2)cc1OC. The fourth-order valence-electron chi connectivity index (χ4n) is 4.04. The lowest BCUT2D eigenvalue weighted by atomic mass is 10.1. The van der Waals surface area contributed by atoms with Crippen LogP contribution < -0.4 is 19.1 Å². The van der Waals surface area contributed by atoms with Gasteiger partial charge < -0.3 is 14.8 Å². The summed E-state index contributed by atoms with van der Waals surface area (Å²) in [6, 6.07) is 29.5. The number of nitrogens with one attached hydrogen (secondary N) is 1. The summed E-state index contributed by atoms with van der Waals surface area (Å²) in [7, 11) is -0.663. The Balaban J connectivity index is 1.51. The van der Waals surface area contributed by atoms with Crippen LogP contribution in [0.2, 0.25) is 0 Å². The van der Waals surface area contributed by atoms with E-state index in [-0.39, 0.29) is 23.4 Å². The van der Waals surface area contributed by atoms with Crippen molar-refractivity contribution in [3.8, 4) is 11.5 Å². The average Bonchev–Trinajstić information content (AvgIpc) is 2.96. The number of sulfonamides is 1. The molecular weight excluding hydrogens is 500 g/mol. The highest BCUT2D eigenvalue weighted by Crippen LogP contribution is 2.30. The summed E-state index contributed by atoms with van der Waals surface area (Å²) in [4.78, 5) is 13.1. The van der Waals surface area contributed by atoms with Crippen molar-refractivity contribution in [2.75, 3.05) is 18.5 Å². The molecule has 38 heavy (non-hydrogen) atoms. The Kier molecular flexibility index (Phi) is 8.33. The highest BCUT2D eigenvalue weighted by Gasteiger charge is 2.25. The minimum absolute atomic E-state index is 0.116. The van der Waals surface area contributed by atoms with Gasteiger partial charge in [-0.2, -0.15) is 0 Å². The van der Waals surface area contributed by atoms with Crippen LogP contribution >= 0.6 is 0 Å². The van der Waals surface area contributed by atoms with Gasteiger partial charge in [0, 0.05) is 5.56 Å². The monoisotopic (exact) mass is 530 g/mol. The van der Waals surface area contributed by atoms with Crippen molar-refractivity contribution in [2.24, 2.45) is 0 Å². The number of anilines is 1. The van der Waals surface area contributed by atoms with Gasteiger partial charge in [-0.3, -0.25) is 9.10 Å². The topological polar surface area (TPSA) is 84.9 Å². The highest BCUT2D eigenvalue weighted by molar-refractivity contribution is 7.92. The van der Waals surface area contributed by atoms with E-state index >= 15 is 0 Å². The Morgan fingerprint density at radius 1 is 0.816 bits per heavy atom. The Hall–Kier alpha value is -4.30. The third-order valence-corrected chi connectivity index (χ3v) is 7.96. The van der Waals surface area contributed by atoms with E-state index in [1.165, 1.54) is 4.31 Å². The number of rotatable bonds is 10. The maximum Gasteiger partial charge on any atom is 0.264 e. The lowest BCUT2D eigenvalue weighted by Gasteiger charge is -2.25. The van der Waals surface area contributed by atoms with Crippen molar-refractivity contribution in [3.63, 3.8) is 0 Å². The van der Waals surface area contributed by atoms with E-state index in [0.717, 1.165) is 11.1 Å². The summed E-state index contributed by atoms with van der Waals surface area (Å²) >= 11 is 0. The van der Waals surface area contributed by atoms with Crippen molar-refractivity contribution < 1.29 is 22.7 Å². The van der Waals surface area contributed by atoms with E-state index in [0.29, 0.717) is 22.7 Å². The summed E-state index contributed by atoms with van der Waals surface area (Å²) < 4.78 is 39.0. The first-order chi connectivity index (χ1) is 18.3. The quantitative estimate of drug-likeness (QED) is 0.289. The Bertz CT molecular complexity index is 1470. The van der Waals surface area contributed by atoms with E-state index in [1.54, 1.807) is 99.1 Å². The number of methoxy groups -OCH3 is 2. The lowest BCUT2D eigenvalue weighted by molar-refractivity contribution is 0.0940. The molecule has 8 heteroatoms. The zero-order valence-electron chi connectivity index (χ0n) is 21.5. The van der Waals surface area contributed by atoms with E-state index in [2.05, 4.69) is 5.32 Å². The average molecular weight is 531 g/mol. The Morgan fingerprint density at radius 3 is 2.03 bits per heavy atom. The molecule has 0 aromatic heterocycles. The molecule has 1 atom stereocenters. The fourth-order valence-corrected chi connectivity index (χ4v) is 5.52. The highest BCUT2D eigenvalue weighted by atomic mass is 32.2. The Morgan fingerprint density at radius 2 is 1.42 bits per heavy atom. The number of benzene rings is 4. The summed E-state index contributed by atoms with van der Waals surface area (Å²) in [5.74, 6) is 0.962. The zero-order chi connectivity index (χ0) is 27.1. The van der Waals surface area contributed by atoms with Crippen LogP contribution in [-0.4, -0.2) is 28.5 Å². The molecule has 0 bridgehead atoms. The molecule has 1 amide bonds. The summed E-state index contributed by atoms with van der Waals surface area (Å²) in [5, 5.41) is 2.99. The molecule has 7 nitrogen and oxygen atoms in total. The summed E-state index contributed by atoms with van der Waals surface area (Å²) in [6.45, 7) is 2.00. The third kappa shape index (κ3) is 5.98. The predicted octanol–water partition coefficient (Wildman–Crippen LogP) is 5.59. The first-order valence-corrected chi connectivity index (χ1v) is 13.5. The van der Waals surface area contributed by atoms with Crippen molar-refractivity contribution in [3.05, 3.63) is 120 Å². The van der Waals surface area contributed by atoms with Crippen LogP contribution in [0.15, 0.2) is 108 Å². The largest absolute Gasteiger partial charge is 0.493 e. The lowest BCUT2D eigenvalue weighted by Crippen LogP contribution is -2.30. The van der Waals surface area contributed by atoms with Gasteiger partial charge >= 0.3 is 0 Å². The van der Waals surface area contributed by atoms with Crippen LogP contribution in [0, 0.1) is 0 Å². The van der Waals surface area contributed by atoms with Gasteiger partial charge in [0.25, 0.3) is 15.9 Å². The number of carbonyl (C=O) groups excluding carboxylic acids is 1. The van der Waals surface area contributed by atoms with Crippen molar-refractivity contribution in [1.29, 1.82) is 0 Å². The fraction of sp³-hybridized carbons (Fsp3) is 0.167. The Labute approximate surface area is 223 Å². The minimum atomic E-state index is -3.80. The van der Waals surface area contributed by atoms with Crippen LogP contribution in [0.5, 0.6) is 11.5 Å². The molecule has 0 aliphatic rings. The number of hydrogen-bond donors (Lipinski definition) is 1. The molecule has 0 aliphatic carbocycles.